The number of nitrogen functional groups attached to an aromatic ring is 1. The fourth-order valence-corrected chi connectivity index (χ4v) is 3.38. The Labute approximate surface area is 148 Å². The van der Waals surface area contributed by atoms with Gasteiger partial charge in [0.15, 0.2) is 11.6 Å². The van der Waals surface area contributed by atoms with Gasteiger partial charge in [-0.25, -0.2) is 9.37 Å². The molecule has 0 spiro atoms. The average Bonchev–Trinajstić information content (AvgIpc) is 2.97. The molecule has 0 aliphatic heterocycles. The molecule has 0 bridgehead atoms. The van der Waals surface area contributed by atoms with Gasteiger partial charge < -0.3 is 15.0 Å². The lowest BCUT2D eigenvalue weighted by atomic mass is 10.1. The Morgan fingerprint density at radius 2 is 2.08 bits per heavy atom. The second kappa shape index (κ2) is 6.49. The molecular weight excluding hydrogens is 352 g/mol. The van der Waals surface area contributed by atoms with Crippen LogP contribution in [-0.4, -0.2) is 9.55 Å². The van der Waals surface area contributed by atoms with E-state index in [4.69, 9.17) is 33.7 Å². The summed E-state index contributed by atoms with van der Waals surface area (Å²) >= 11 is 12.2. The minimum absolute atomic E-state index is 0.0557. The number of hydrogen-bond donors (Lipinski definition) is 1. The summed E-state index contributed by atoms with van der Waals surface area (Å²) in [6.45, 7) is 4.57. The van der Waals surface area contributed by atoms with Crippen LogP contribution in [0, 0.1) is 5.82 Å². The first-order valence-corrected chi connectivity index (χ1v) is 8.23. The van der Waals surface area contributed by atoms with E-state index in [9.17, 15) is 4.39 Å². The van der Waals surface area contributed by atoms with Crippen molar-refractivity contribution < 1.29 is 9.13 Å². The van der Waals surface area contributed by atoms with Crippen molar-refractivity contribution in [3.8, 4) is 5.75 Å². The zero-order chi connectivity index (χ0) is 17.4. The van der Waals surface area contributed by atoms with Crippen LogP contribution in [0.3, 0.4) is 0 Å². The van der Waals surface area contributed by atoms with Crippen LogP contribution in [0.15, 0.2) is 30.6 Å². The number of hydrogen-bond acceptors (Lipinski definition) is 3. The van der Waals surface area contributed by atoms with Gasteiger partial charge in [0.05, 0.1) is 16.7 Å². The van der Waals surface area contributed by atoms with Crippen molar-refractivity contribution in [3.05, 3.63) is 52.0 Å². The molecule has 24 heavy (non-hydrogen) atoms. The summed E-state index contributed by atoms with van der Waals surface area (Å²) in [5.74, 6) is 0.142. The van der Waals surface area contributed by atoms with Gasteiger partial charge in [-0.2, -0.15) is 0 Å². The van der Waals surface area contributed by atoms with Gasteiger partial charge in [0.25, 0.3) is 0 Å². The third kappa shape index (κ3) is 2.78. The van der Waals surface area contributed by atoms with Gasteiger partial charge in [0.2, 0.25) is 0 Å². The summed E-state index contributed by atoms with van der Waals surface area (Å²) in [6.07, 6.45) is 3.04. The van der Waals surface area contributed by atoms with E-state index in [0.29, 0.717) is 16.3 Å². The summed E-state index contributed by atoms with van der Waals surface area (Å²) in [4.78, 5) is 4.19. The van der Waals surface area contributed by atoms with Gasteiger partial charge in [0, 0.05) is 28.7 Å². The lowest BCUT2D eigenvalue weighted by Crippen LogP contribution is -2.08. The van der Waals surface area contributed by atoms with Crippen molar-refractivity contribution in [2.45, 2.75) is 26.5 Å². The van der Waals surface area contributed by atoms with E-state index in [-0.39, 0.29) is 10.8 Å². The van der Waals surface area contributed by atoms with E-state index in [0.717, 1.165) is 17.4 Å². The Bertz CT molecular complexity index is 910. The Hall–Kier alpha value is -1.98. The number of nitrogens with two attached hydrogens (primary N) is 1. The zero-order valence-corrected chi connectivity index (χ0v) is 14.7. The van der Waals surface area contributed by atoms with Gasteiger partial charge in [-0.3, -0.25) is 0 Å². The molecule has 1 unspecified atom stereocenters. The number of pyridine rings is 1. The molecule has 4 nitrogen and oxygen atoms in total. The fraction of sp³-hybridized carbons (Fsp3) is 0.235. The number of halogens is 3. The number of anilines is 1. The second-order valence-corrected chi connectivity index (χ2v) is 6.18. The Kier molecular flexibility index (Phi) is 4.56. The second-order valence-electron chi connectivity index (χ2n) is 5.39. The maximum absolute atomic E-state index is 13.8. The molecule has 126 valence electrons. The van der Waals surface area contributed by atoms with E-state index >= 15 is 0 Å². The molecule has 0 amide bonds. The smallest absolute Gasteiger partial charge is 0.171 e. The monoisotopic (exact) mass is 367 g/mol. The first kappa shape index (κ1) is 16.9. The highest BCUT2D eigenvalue weighted by atomic mass is 35.5. The number of nitrogens with zero attached hydrogens (tertiary/aromatic N) is 2. The molecule has 0 saturated heterocycles. The average molecular weight is 368 g/mol. The summed E-state index contributed by atoms with van der Waals surface area (Å²) in [5.41, 5.74) is 7.27. The van der Waals surface area contributed by atoms with Gasteiger partial charge >= 0.3 is 0 Å². The number of ether oxygens (including phenoxy) is 1. The first-order chi connectivity index (χ1) is 11.4. The molecule has 0 aliphatic carbocycles. The summed E-state index contributed by atoms with van der Waals surface area (Å²) in [7, 11) is 0. The predicted octanol–water partition coefficient (Wildman–Crippen LogP) is 5.22. The largest absolute Gasteiger partial charge is 0.481 e. The van der Waals surface area contributed by atoms with Crippen molar-refractivity contribution in [3.63, 3.8) is 0 Å². The minimum atomic E-state index is -0.597. The van der Waals surface area contributed by atoms with E-state index in [2.05, 4.69) is 4.98 Å². The summed E-state index contributed by atoms with van der Waals surface area (Å²) in [6, 6.07) is 4.58. The van der Waals surface area contributed by atoms with Crippen LogP contribution in [0.2, 0.25) is 10.0 Å². The molecule has 1 atom stereocenters. The van der Waals surface area contributed by atoms with Crippen LogP contribution < -0.4 is 10.5 Å². The van der Waals surface area contributed by atoms with Crippen LogP contribution in [0.25, 0.3) is 10.9 Å². The molecule has 3 aromatic rings. The highest BCUT2D eigenvalue weighted by Crippen LogP contribution is 2.38. The molecule has 2 N–H and O–H groups in total. The molecule has 3 rings (SSSR count). The molecule has 7 heteroatoms. The predicted molar refractivity (Wildman–Crippen MR) is 95.3 cm³/mol. The standard InChI is InChI=1S/C17H16Cl2FN3O/c1-3-23-7-6-10-13(23)8-22-17(21)16(10)24-9(2)14-11(18)4-5-12(20)15(14)19/h4-9H,3H2,1-2H3,(H2,21,22). The number of rotatable bonds is 4. The van der Waals surface area contributed by atoms with Crippen LogP contribution in [-0.2, 0) is 6.54 Å². The van der Waals surface area contributed by atoms with E-state index < -0.39 is 11.9 Å². The third-order valence-electron chi connectivity index (χ3n) is 3.93. The van der Waals surface area contributed by atoms with Crippen LogP contribution >= 0.6 is 23.2 Å². The van der Waals surface area contributed by atoms with Gasteiger partial charge in [-0.05, 0) is 32.0 Å². The van der Waals surface area contributed by atoms with E-state index in [1.54, 1.807) is 13.1 Å². The fourth-order valence-electron chi connectivity index (χ4n) is 2.70. The minimum Gasteiger partial charge on any atom is -0.481 e. The molecule has 0 fully saturated rings. The number of fused-ring (bicyclic) bond motifs is 1. The van der Waals surface area contributed by atoms with Crippen molar-refractivity contribution in [1.29, 1.82) is 0 Å². The number of benzene rings is 1. The molecule has 0 radical (unpaired) electrons. The van der Waals surface area contributed by atoms with Crippen molar-refractivity contribution in [2.24, 2.45) is 0 Å². The normalized spacial score (nSPS) is 12.5. The third-order valence-corrected chi connectivity index (χ3v) is 4.64. The Morgan fingerprint density at radius 1 is 1.33 bits per heavy atom. The summed E-state index contributed by atoms with van der Waals surface area (Å²) in [5, 5.41) is 1.11. The highest BCUT2D eigenvalue weighted by molar-refractivity contribution is 6.36. The Morgan fingerprint density at radius 3 is 2.79 bits per heavy atom. The Balaban J connectivity index is 2.06. The van der Waals surface area contributed by atoms with Crippen LogP contribution in [0.5, 0.6) is 5.75 Å². The maximum Gasteiger partial charge on any atom is 0.171 e. The van der Waals surface area contributed by atoms with Crippen LogP contribution in [0.1, 0.15) is 25.5 Å². The highest BCUT2D eigenvalue weighted by Gasteiger charge is 2.21. The molecule has 2 heterocycles. The van der Waals surface area contributed by atoms with Gasteiger partial charge in [0.1, 0.15) is 11.9 Å². The van der Waals surface area contributed by atoms with Crippen molar-refractivity contribution in [2.75, 3.05) is 5.73 Å². The van der Waals surface area contributed by atoms with Gasteiger partial charge in [-0.15, -0.1) is 0 Å². The van der Waals surface area contributed by atoms with Gasteiger partial charge in [-0.1, -0.05) is 23.2 Å². The molecule has 0 saturated carbocycles. The topological polar surface area (TPSA) is 53.1 Å². The van der Waals surface area contributed by atoms with E-state index in [1.807, 2.05) is 23.8 Å². The lowest BCUT2D eigenvalue weighted by Gasteiger charge is -2.19. The van der Waals surface area contributed by atoms with Crippen LogP contribution in [0.4, 0.5) is 10.2 Å². The molecule has 2 aromatic heterocycles. The molecular formula is C17H16Cl2FN3O. The molecule has 0 aliphatic rings. The summed E-state index contributed by atoms with van der Waals surface area (Å²) < 4.78 is 21.8. The van der Waals surface area contributed by atoms with E-state index in [1.165, 1.54) is 12.1 Å². The zero-order valence-electron chi connectivity index (χ0n) is 13.2. The van der Waals surface area contributed by atoms with Crippen molar-refractivity contribution >= 4 is 39.9 Å². The number of aromatic nitrogens is 2. The quantitative estimate of drug-likeness (QED) is 0.642. The maximum atomic E-state index is 13.8. The lowest BCUT2D eigenvalue weighted by molar-refractivity contribution is 0.230. The van der Waals surface area contributed by atoms with Crippen molar-refractivity contribution in [1.82, 2.24) is 9.55 Å². The first-order valence-electron chi connectivity index (χ1n) is 7.47. The molecule has 1 aromatic carbocycles. The number of aryl methyl sites for hydroxylation is 1. The SMILES string of the molecule is CCn1ccc2c(OC(C)c3c(Cl)ccc(F)c3Cl)c(N)ncc21.